The van der Waals surface area contributed by atoms with Crippen LogP contribution in [0.25, 0.3) is 0 Å². The molecule has 7 atom stereocenters. The van der Waals surface area contributed by atoms with Gasteiger partial charge in [0.1, 0.15) is 30.2 Å². The van der Waals surface area contributed by atoms with E-state index in [4.69, 9.17) is 9.47 Å². The second-order valence-electron chi connectivity index (χ2n) is 11.4. The fourth-order valence-corrected chi connectivity index (χ4v) is 6.88. The van der Waals surface area contributed by atoms with E-state index in [1.165, 1.54) is 30.4 Å². The number of hydrogen-bond acceptors (Lipinski definition) is 6. The highest BCUT2D eigenvalue weighted by Gasteiger charge is 2.57. The van der Waals surface area contributed by atoms with Gasteiger partial charge in [0.25, 0.3) is 0 Å². The van der Waals surface area contributed by atoms with Gasteiger partial charge in [-0.25, -0.2) is 0 Å². The standard InChI is InChI=1S/C26H40O6/c1-15(2)26(23(30)22(29)21(28)19(14-27)32-26)31-17-8-9-18-16(13-17)7-10-20-24(3,4)11-6-12-25(18,20)5/h8-9,13,15,19-23,27-30H,6-7,10-12,14H2,1-5H3/t19-,20+,21+,22+,23-,25-,26-/m1/s1. The summed E-state index contributed by atoms with van der Waals surface area (Å²) in [5.41, 5.74) is 3.13. The van der Waals surface area contributed by atoms with E-state index in [1.54, 1.807) is 0 Å². The zero-order chi connectivity index (χ0) is 23.5. The van der Waals surface area contributed by atoms with Crippen LogP contribution in [0.5, 0.6) is 5.75 Å². The molecule has 0 amide bonds. The molecule has 1 saturated heterocycles. The first-order chi connectivity index (χ1) is 15.0. The van der Waals surface area contributed by atoms with Crippen LogP contribution < -0.4 is 4.74 Å². The molecular weight excluding hydrogens is 408 g/mol. The van der Waals surface area contributed by atoms with Crippen LogP contribution >= 0.6 is 0 Å². The van der Waals surface area contributed by atoms with Gasteiger partial charge in [-0.1, -0.05) is 47.1 Å². The lowest BCUT2D eigenvalue weighted by Gasteiger charge is -2.54. The van der Waals surface area contributed by atoms with Gasteiger partial charge in [-0.15, -0.1) is 0 Å². The Morgan fingerprint density at radius 3 is 2.47 bits per heavy atom. The average Bonchev–Trinajstić information content (AvgIpc) is 2.73. The van der Waals surface area contributed by atoms with Crippen molar-refractivity contribution in [3.8, 4) is 5.75 Å². The molecule has 2 fully saturated rings. The predicted molar refractivity (Wildman–Crippen MR) is 121 cm³/mol. The van der Waals surface area contributed by atoms with E-state index in [2.05, 4.69) is 26.8 Å². The molecule has 6 nitrogen and oxygen atoms in total. The van der Waals surface area contributed by atoms with Gasteiger partial charge in [-0.2, -0.15) is 0 Å². The molecule has 0 bridgehead atoms. The highest BCUT2D eigenvalue weighted by atomic mass is 16.7. The lowest BCUT2D eigenvalue weighted by molar-refractivity contribution is -0.352. The van der Waals surface area contributed by atoms with E-state index in [-0.39, 0.29) is 11.3 Å². The van der Waals surface area contributed by atoms with Crippen LogP contribution in [0.1, 0.15) is 71.4 Å². The Bertz CT molecular complexity index is 836. The predicted octanol–water partition coefficient (Wildman–Crippen LogP) is 2.92. The average molecular weight is 449 g/mol. The van der Waals surface area contributed by atoms with Crippen LogP contribution in [0.15, 0.2) is 18.2 Å². The minimum atomic E-state index is -1.58. The SMILES string of the molecule is CC(C)[C@@]1(Oc2ccc3c(c2)CC[C@H]2C(C)(C)CCC[C@]32C)O[C@H](CO)[C@H](O)[C@H](O)[C@H]1O. The van der Waals surface area contributed by atoms with Crippen molar-refractivity contribution in [1.82, 2.24) is 0 Å². The van der Waals surface area contributed by atoms with Crippen LogP contribution in [0, 0.1) is 17.3 Å². The number of ether oxygens (including phenoxy) is 2. The largest absolute Gasteiger partial charge is 0.459 e. The highest BCUT2D eigenvalue weighted by Crippen LogP contribution is 2.57. The van der Waals surface area contributed by atoms with Gasteiger partial charge in [0.15, 0.2) is 0 Å². The van der Waals surface area contributed by atoms with Gasteiger partial charge in [0.2, 0.25) is 5.79 Å². The summed E-state index contributed by atoms with van der Waals surface area (Å²) in [6, 6.07) is 6.14. The van der Waals surface area contributed by atoms with Crippen molar-refractivity contribution in [2.45, 2.75) is 102 Å². The van der Waals surface area contributed by atoms with Crippen molar-refractivity contribution in [2.75, 3.05) is 6.61 Å². The monoisotopic (exact) mass is 448 g/mol. The van der Waals surface area contributed by atoms with E-state index >= 15 is 0 Å². The number of aryl methyl sites for hydroxylation is 1. The van der Waals surface area contributed by atoms with E-state index in [0.717, 1.165) is 12.8 Å². The topological polar surface area (TPSA) is 99.4 Å². The van der Waals surface area contributed by atoms with Crippen LogP contribution in [0.4, 0.5) is 0 Å². The van der Waals surface area contributed by atoms with Crippen LogP contribution in [0.3, 0.4) is 0 Å². The third-order valence-electron chi connectivity index (χ3n) is 8.69. The quantitative estimate of drug-likeness (QED) is 0.565. The third kappa shape index (κ3) is 3.59. The highest BCUT2D eigenvalue weighted by molar-refractivity contribution is 5.43. The third-order valence-corrected chi connectivity index (χ3v) is 8.69. The van der Waals surface area contributed by atoms with Crippen molar-refractivity contribution in [3.05, 3.63) is 29.3 Å². The van der Waals surface area contributed by atoms with Crippen molar-refractivity contribution in [2.24, 2.45) is 17.3 Å². The van der Waals surface area contributed by atoms with Gasteiger partial charge in [-0.05, 0) is 65.7 Å². The van der Waals surface area contributed by atoms with Gasteiger partial charge in [0, 0.05) is 5.92 Å². The molecule has 0 radical (unpaired) electrons. The molecule has 3 aliphatic rings. The first-order valence-electron chi connectivity index (χ1n) is 12.1. The summed E-state index contributed by atoms with van der Waals surface area (Å²) in [5.74, 6) is -0.705. The molecule has 1 aromatic carbocycles. The second kappa shape index (κ2) is 8.24. The summed E-state index contributed by atoms with van der Waals surface area (Å²) in [5, 5.41) is 41.1. The van der Waals surface area contributed by atoms with Crippen molar-refractivity contribution >= 4 is 0 Å². The second-order valence-corrected chi connectivity index (χ2v) is 11.4. The molecule has 4 rings (SSSR count). The molecule has 0 aromatic heterocycles. The molecule has 6 heteroatoms. The number of hydrogen-bond donors (Lipinski definition) is 4. The Kier molecular flexibility index (Phi) is 6.17. The van der Waals surface area contributed by atoms with Gasteiger partial charge < -0.3 is 29.9 Å². The van der Waals surface area contributed by atoms with Gasteiger partial charge >= 0.3 is 0 Å². The molecule has 0 spiro atoms. The summed E-state index contributed by atoms with van der Waals surface area (Å²) >= 11 is 0. The zero-order valence-electron chi connectivity index (χ0n) is 20.0. The Morgan fingerprint density at radius 2 is 1.81 bits per heavy atom. The maximum absolute atomic E-state index is 10.9. The maximum atomic E-state index is 10.9. The number of aliphatic hydroxyl groups is 4. The number of benzene rings is 1. The van der Waals surface area contributed by atoms with Crippen LogP contribution in [0.2, 0.25) is 0 Å². The van der Waals surface area contributed by atoms with Crippen molar-refractivity contribution in [3.63, 3.8) is 0 Å². The molecule has 4 N–H and O–H groups in total. The number of rotatable bonds is 4. The summed E-state index contributed by atoms with van der Waals surface area (Å²) < 4.78 is 12.2. The molecule has 1 aromatic rings. The molecule has 0 unspecified atom stereocenters. The molecule has 2 aliphatic carbocycles. The number of aliphatic hydroxyl groups excluding tert-OH is 4. The maximum Gasteiger partial charge on any atom is 0.242 e. The Balaban J connectivity index is 1.67. The van der Waals surface area contributed by atoms with Crippen LogP contribution in [-0.4, -0.2) is 57.2 Å². The van der Waals surface area contributed by atoms with E-state index in [9.17, 15) is 20.4 Å². The normalized spacial score (nSPS) is 41.1. The summed E-state index contributed by atoms with van der Waals surface area (Å²) in [6.07, 6.45) is 0.447. The smallest absolute Gasteiger partial charge is 0.242 e. The van der Waals surface area contributed by atoms with E-state index < -0.39 is 36.8 Å². The fraction of sp³-hybridized carbons (Fsp3) is 0.769. The van der Waals surface area contributed by atoms with Gasteiger partial charge in [-0.3, -0.25) is 0 Å². The molecule has 1 aliphatic heterocycles. The lowest BCUT2D eigenvalue weighted by atomic mass is 9.50. The van der Waals surface area contributed by atoms with Crippen LogP contribution in [-0.2, 0) is 16.6 Å². The molecule has 1 saturated carbocycles. The molecular formula is C26H40O6. The van der Waals surface area contributed by atoms with E-state index in [1.807, 2.05) is 26.0 Å². The van der Waals surface area contributed by atoms with Crippen molar-refractivity contribution < 1.29 is 29.9 Å². The molecule has 32 heavy (non-hydrogen) atoms. The summed E-state index contributed by atoms with van der Waals surface area (Å²) in [7, 11) is 0. The van der Waals surface area contributed by atoms with Gasteiger partial charge in [0.05, 0.1) is 6.61 Å². The fourth-order valence-electron chi connectivity index (χ4n) is 6.88. The first kappa shape index (κ1) is 24.0. The molecule has 180 valence electrons. The Morgan fingerprint density at radius 1 is 1.09 bits per heavy atom. The lowest BCUT2D eigenvalue weighted by Crippen LogP contribution is -2.69. The summed E-state index contributed by atoms with van der Waals surface area (Å²) in [6.45, 7) is 10.4. The first-order valence-corrected chi connectivity index (χ1v) is 12.1. The zero-order valence-corrected chi connectivity index (χ0v) is 20.0. The molecule has 1 heterocycles. The summed E-state index contributed by atoms with van der Waals surface area (Å²) in [4.78, 5) is 0. The van der Waals surface area contributed by atoms with E-state index in [0.29, 0.717) is 17.1 Å². The number of fused-ring (bicyclic) bond motifs is 3. The minimum Gasteiger partial charge on any atom is -0.459 e. The van der Waals surface area contributed by atoms with Crippen molar-refractivity contribution in [1.29, 1.82) is 0 Å². The minimum absolute atomic E-state index is 0.146. The Labute approximate surface area is 191 Å². The Hall–Kier alpha value is -1.18.